The van der Waals surface area contributed by atoms with E-state index < -0.39 is 0 Å². The molecule has 0 N–H and O–H groups in total. The van der Waals surface area contributed by atoms with Gasteiger partial charge in [0.15, 0.2) is 0 Å². The van der Waals surface area contributed by atoms with Crippen LogP contribution in [0.5, 0.6) is 0 Å². The SMILES string of the molecule is CC(C)(C)c1cc2c3c(c1)N(c1c(-c4ccccc4)cccc1-c1ccccc1)c1cc(-c4ccc5cccc6c7cccc8cccc(c4c56)c87)ccc1B3c1cc(-c3ccccc3)ccc1N2c1c(-c2ccccc2)cccc1-c1ccccc1. The third kappa shape index (κ3) is 8.03. The van der Waals surface area contributed by atoms with Crippen molar-refractivity contribution in [3.8, 4) is 66.8 Å². The Hall–Kier alpha value is -10.7. The molecular weight excluding hydrogens is 1050 g/mol. The summed E-state index contributed by atoms with van der Waals surface area (Å²) in [5, 5.41) is 10.3. The summed E-state index contributed by atoms with van der Waals surface area (Å²) in [5.74, 6) is 0. The van der Waals surface area contributed by atoms with Gasteiger partial charge in [-0.1, -0.05) is 300 Å². The maximum absolute atomic E-state index is 2.70. The quantitative estimate of drug-likeness (QED) is 0.0850. The lowest BCUT2D eigenvalue weighted by molar-refractivity contribution is 0.590. The van der Waals surface area contributed by atoms with Crippen molar-refractivity contribution in [3.63, 3.8) is 0 Å². The van der Waals surface area contributed by atoms with Gasteiger partial charge in [0.25, 0.3) is 6.71 Å². The van der Waals surface area contributed by atoms with Gasteiger partial charge in [-0.3, -0.25) is 0 Å². The largest absolute Gasteiger partial charge is 0.310 e. The molecule has 2 heterocycles. The Kier molecular flexibility index (Phi) is 11.6. The molecule has 0 aliphatic carbocycles. The standard InChI is InChI=1S/C84H59BN2/c1-84(2,3)63-52-76-81-77(53-63)87(83-67(57-30-15-7-16-31-57)39-23-40-68(83)58-32-17-8-18-33-58)75-51-62(64-47-44-60-36-20-42-70-69-41-19-34-59-35-21-43-71(78(59)69)80(64)79(60)70)45-48-72(75)85(81)73-50-61(54-24-9-4-10-25-54)46-49-74(73)86(76)82-65(55-26-11-5-12-27-55)37-22-38-66(82)56-28-13-6-14-29-56/h4-53H,1-3H3. The summed E-state index contributed by atoms with van der Waals surface area (Å²) in [7, 11) is 0. The number of benzene rings is 15. The van der Waals surface area contributed by atoms with Gasteiger partial charge in [-0.15, -0.1) is 0 Å². The molecule has 0 atom stereocenters. The van der Waals surface area contributed by atoms with Crippen LogP contribution in [0.3, 0.4) is 0 Å². The molecule has 0 saturated carbocycles. The zero-order valence-electron chi connectivity index (χ0n) is 48.8. The summed E-state index contributed by atoms with van der Waals surface area (Å²) in [6.07, 6.45) is 0. The molecule has 17 rings (SSSR count). The number of nitrogens with zero attached hydrogens (tertiary/aromatic N) is 2. The zero-order valence-corrected chi connectivity index (χ0v) is 48.8. The number of anilines is 6. The molecule has 0 radical (unpaired) electrons. The Morgan fingerprint density at radius 2 is 0.701 bits per heavy atom. The average molecular weight is 1110 g/mol. The first-order chi connectivity index (χ1) is 42.8. The molecule has 0 saturated heterocycles. The lowest BCUT2D eigenvalue weighted by atomic mass is 9.33. The fourth-order valence-corrected chi connectivity index (χ4v) is 14.8. The van der Waals surface area contributed by atoms with E-state index in [1.807, 2.05) is 0 Å². The monoisotopic (exact) mass is 1110 g/mol. The van der Waals surface area contributed by atoms with E-state index in [-0.39, 0.29) is 12.1 Å². The third-order valence-corrected chi connectivity index (χ3v) is 18.7. The molecule has 0 fully saturated rings. The van der Waals surface area contributed by atoms with Crippen molar-refractivity contribution in [3.05, 3.63) is 309 Å². The summed E-state index contributed by atoms with van der Waals surface area (Å²) >= 11 is 0. The Balaban J connectivity index is 1.04. The second kappa shape index (κ2) is 19.9. The van der Waals surface area contributed by atoms with Crippen LogP contribution in [-0.2, 0) is 5.41 Å². The summed E-state index contributed by atoms with van der Waals surface area (Å²) in [6.45, 7) is 6.97. The van der Waals surface area contributed by atoms with Crippen LogP contribution in [0.2, 0.25) is 0 Å². The van der Waals surface area contributed by atoms with E-state index in [0.29, 0.717) is 0 Å². The molecule has 2 aliphatic heterocycles. The molecule has 87 heavy (non-hydrogen) atoms. The highest BCUT2D eigenvalue weighted by Crippen LogP contribution is 2.55. The number of para-hydroxylation sites is 2. The molecule has 0 amide bonds. The summed E-state index contributed by atoms with van der Waals surface area (Å²) in [4.78, 5) is 5.36. The van der Waals surface area contributed by atoms with Crippen LogP contribution in [0.25, 0.3) is 110 Å². The molecule has 0 unspecified atom stereocenters. The zero-order chi connectivity index (χ0) is 57.9. The maximum Gasteiger partial charge on any atom is 0.252 e. The highest BCUT2D eigenvalue weighted by atomic mass is 15.2. The van der Waals surface area contributed by atoms with Crippen molar-refractivity contribution in [1.29, 1.82) is 0 Å². The Labute approximate surface area is 508 Å². The van der Waals surface area contributed by atoms with Gasteiger partial charge in [-0.2, -0.15) is 0 Å². The third-order valence-electron chi connectivity index (χ3n) is 18.7. The van der Waals surface area contributed by atoms with Crippen molar-refractivity contribution in [2.24, 2.45) is 0 Å². The van der Waals surface area contributed by atoms with E-state index in [2.05, 4.69) is 334 Å². The van der Waals surface area contributed by atoms with Crippen LogP contribution < -0.4 is 26.2 Å². The Bertz CT molecular complexity index is 5070. The van der Waals surface area contributed by atoms with Crippen LogP contribution in [0, 0.1) is 0 Å². The second-order valence-corrected chi connectivity index (χ2v) is 24.7. The summed E-state index contributed by atoms with van der Waals surface area (Å²) in [5.41, 5.74) is 25.9. The molecule has 2 aliphatic rings. The molecule has 408 valence electrons. The van der Waals surface area contributed by atoms with Crippen LogP contribution in [0.15, 0.2) is 303 Å². The van der Waals surface area contributed by atoms with Gasteiger partial charge in [0.1, 0.15) is 0 Å². The maximum atomic E-state index is 2.70. The lowest BCUT2D eigenvalue weighted by Crippen LogP contribution is -2.61. The van der Waals surface area contributed by atoms with Crippen LogP contribution in [0.1, 0.15) is 26.3 Å². The van der Waals surface area contributed by atoms with Gasteiger partial charge in [0, 0.05) is 45.0 Å². The Morgan fingerprint density at radius 1 is 0.264 bits per heavy atom. The van der Waals surface area contributed by atoms with E-state index in [4.69, 9.17) is 0 Å². The van der Waals surface area contributed by atoms with E-state index in [1.165, 1.54) is 127 Å². The second-order valence-electron chi connectivity index (χ2n) is 24.7. The van der Waals surface area contributed by atoms with Gasteiger partial charge in [-0.05, 0) is 139 Å². The van der Waals surface area contributed by atoms with Gasteiger partial charge < -0.3 is 9.80 Å². The predicted octanol–water partition coefficient (Wildman–Crippen LogP) is 21.1. The van der Waals surface area contributed by atoms with Gasteiger partial charge in [0.05, 0.1) is 11.4 Å². The van der Waals surface area contributed by atoms with E-state index in [1.54, 1.807) is 0 Å². The molecule has 0 bridgehead atoms. The molecular formula is C84H59BN2. The molecule has 2 nitrogen and oxygen atoms in total. The first-order valence-electron chi connectivity index (χ1n) is 30.5. The van der Waals surface area contributed by atoms with Gasteiger partial charge >= 0.3 is 0 Å². The first kappa shape index (κ1) is 50.8. The summed E-state index contributed by atoms with van der Waals surface area (Å²) in [6, 6.07) is 114. The van der Waals surface area contributed by atoms with E-state index in [0.717, 1.165) is 39.3 Å². The predicted molar refractivity (Wildman–Crippen MR) is 373 cm³/mol. The van der Waals surface area contributed by atoms with Crippen molar-refractivity contribution in [2.45, 2.75) is 26.2 Å². The van der Waals surface area contributed by atoms with Crippen molar-refractivity contribution in [2.75, 3.05) is 9.80 Å². The molecule has 3 heteroatoms. The highest BCUT2D eigenvalue weighted by molar-refractivity contribution is 7.00. The number of hydrogen-bond donors (Lipinski definition) is 0. The minimum Gasteiger partial charge on any atom is -0.310 e. The fourth-order valence-electron chi connectivity index (χ4n) is 14.8. The number of rotatable bonds is 8. The van der Waals surface area contributed by atoms with Crippen LogP contribution in [-0.4, -0.2) is 6.71 Å². The van der Waals surface area contributed by atoms with E-state index in [9.17, 15) is 0 Å². The smallest absolute Gasteiger partial charge is 0.252 e. The molecule has 15 aromatic rings. The van der Waals surface area contributed by atoms with E-state index >= 15 is 0 Å². The minimum absolute atomic E-state index is 0.172. The van der Waals surface area contributed by atoms with Crippen molar-refractivity contribution in [1.82, 2.24) is 0 Å². The minimum atomic E-state index is -0.261. The topological polar surface area (TPSA) is 6.48 Å². The number of hydrogen-bond acceptors (Lipinski definition) is 2. The Morgan fingerprint density at radius 3 is 1.21 bits per heavy atom. The molecule has 0 spiro atoms. The fraction of sp³-hybridized carbons (Fsp3) is 0.0476. The van der Waals surface area contributed by atoms with Crippen LogP contribution >= 0.6 is 0 Å². The average Bonchev–Trinajstić information content (AvgIpc) is 0.919. The van der Waals surface area contributed by atoms with Gasteiger partial charge in [0.2, 0.25) is 0 Å². The van der Waals surface area contributed by atoms with Gasteiger partial charge in [-0.25, -0.2) is 0 Å². The molecule has 15 aromatic carbocycles. The first-order valence-corrected chi connectivity index (χ1v) is 30.5. The number of fused-ring (bicyclic) bond motifs is 6. The summed E-state index contributed by atoms with van der Waals surface area (Å²) < 4.78 is 0. The highest BCUT2D eigenvalue weighted by Gasteiger charge is 2.46. The van der Waals surface area contributed by atoms with Crippen LogP contribution in [0.4, 0.5) is 34.1 Å². The lowest BCUT2D eigenvalue weighted by Gasteiger charge is -2.46. The normalized spacial score (nSPS) is 12.7. The van der Waals surface area contributed by atoms with Crippen molar-refractivity contribution < 1.29 is 0 Å². The molecule has 0 aromatic heterocycles. The van der Waals surface area contributed by atoms with Crippen molar-refractivity contribution >= 4 is 100 Å².